The van der Waals surface area contributed by atoms with Crippen LogP contribution < -0.4 is 8.43 Å². The zero-order valence-corrected chi connectivity index (χ0v) is 23.2. The number of aromatic nitrogens is 1. The van der Waals surface area contributed by atoms with Gasteiger partial charge in [-0.1, -0.05) is 36.9 Å². The van der Waals surface area contributed by atoms with Crippen LogP contribution in [-0.4, -0.2) is 56.1 Å². The molecular formula is C28H32F2IN5. The van der Waals surface area contributed by atoms with Gasteiger partial charge < -0.3 is 13.3 Å². The van der Waals surface area contributed by atoms with Crippen molar-refractivity contribution in [1.29, 1.82) is 0 Å². The molecule has 2 aromatic carbocycles. The molecule has 5 nitrogen and oxygen atoms in total. The van der Waals surface area contributed by atoms with E-state index in [0.29, 0.717) is 13.1 Å². The molecule has 0 aliphatic heterocycles. The molecule has 0 fully saturated rings. The second kappa shape index (κ2) is 12.8. The summed E-state index contributed by atoms with van der Waals surface area (Å²) in [6.07, 6.45) is 3.70. The number of allylic oxidation sites excluding steroid dienone is 2. The Hall–Kier alpha value is -2.98. The lowest BCUT2D eigenvalue weighted by molar-refractivity contribution is 0.255. The largest absolute Gasteiger partial charge is 0.386 e. The summed E-state index contributed by atoms with van der Waals surface area (Å²) in [6.45, 7) is 5.22. The zero-order valence-electron chi connectivity index (χ0n) is 21.0. The summed E-state index contributed by atoms with van der Waals surface area (Å²) >= 11 is 2.20. The van der Waals surface area contributed by atoms with E-state index in [2.05, 4.69) is 44.6 Å². The molecule has 0 aliphatic carbocycles. The molecule has 0 spiro atoms. The molecule has 0 saturated heterocycles. The molecule has 190 valence electrons. The van der Waals surface area contributed by atoms with Gasteiger partial charge in [-0.15, -0.1) is 0 Å². The summed E-state index contributed by atoms with van der Waals surface area (Å²) in [5.41, 5.74) is 4.36. The van der Waals surface area contributed by atoms with E-state index in [1.165, 1.54) is 24.3 Å². The second-order valence-corrected chi connectivity index (χ2v) is 9.94. The summed E-state index contributed by atoms with van der Waals surface area (Å²) in [5, 5.41) is 3.23. The van der Waals surface area contributed by atoms with Crippen LogP contribution >= 0.6 is 22.9 Å². The quantitative estimate of drug-likeness (QED) is 0.157. The molecular weight excluding hydrogens is 571 g/mol. The third-order valence-corrected chi connectivity index (χ3v) is 6.47. The highest BCUT2D eigenvalue weighted by Crippen LogP contribution is 2.30. The molecule has 1 N–H and O–H groups in total. The number of hydrogen-bond donors (Lipinski definition) is 1. The Morgan fingerprint density at radius 1 is 1.00 bits per heavy atom. The molecule has 0 amide bonds. The van der Waals surface area contributed by atoms with Gasteiger partial charge in [-0.25, -0.2) is 13.8 Å². The number of anilines is 2. The maximum Gasteiger partial charge on any atom is 0.137 e. The van der Waals surface area contributed by atoms with E-state index in [-0.39, 0.29) is 17.7 Å². The van der Waals surface area contributed by atoms with Gasteiger partial charge in [-0.3, -0.25) is 4.90 Å². The molecule has 8 heteroatoms. The maximum absolute atomic E-state index is 14.1. The van der Waals surface area contributed by atoms with Crippen molar-refractivity contribution in [2.24, 2.45) is 0 Å². The molecule has 1 heterocycles. The minimum absolute atomic E-state index is 0.233. The van der Waals surface area contributed by atoms with Gasteiger partial charge in [-0.2, -0.15) is 0 Å². The molecule has 1 unspecified atom stereocenters. The van der Waals surface area contributed by atoms with E-state index in [1.54, 1.807) is 24.3 Å². The molecule has 1 atom stereocenters. The summed E-state index contributed by atoms with van der Waals surface area (Å²) < 4.78 is 29.7. The van der Waals surface area contributed by atoms with Crippen molar-refractivity contribution in [1.82, 2.24) is 14.8 Å². The number of nitrogens with one attached hydrogen (secondary N) is 1. The number of nitrogens with zero attached hydrogens (tertiary/aromatic N) is 4. The third-order valence-electron chi connectivity index (χ3n) is 5.97. The van der Waals surface area contributed by atoms with Crippen molar-refractivity contribution in [3.05, 3.63) is 108 Å². The van der Waals surface area contributed by atoms with Crippen LogP contribution in [0.5, 0.6) is 0 Å². The predicted octanol–water partition coefficient (Wildman–Crippen LogP) is 6.37. The van der Waals surface area contributed by atoms with Gasteiger partial charge in [-0.05, 0) is 60.6 Å². The van der Waals surface area contributed by atoms with Crippen LogP contribution in [0, 0.1) is 11.6 Å². The summed E-state index contributed by atoms with van der Waals surface area (Å²) in [5.74, 6) is 0.241. The van der Waals surface area contributed by atoms with E-state index < -0.39 is 0 Å². The first-order valence-corrected chi connectivity index (χ1v) is 12.5. The minimum Gasteiger partial charge on any atom is -0.386 e. The highest BCUT2D eigenvalue weighted by molar-refractivity contribution is 14.1. The summed E-state index contributed by atoms with van der Waals surface area (Å²) in [6, 6.07) is 16.7. The Bertz CT molecular complexity index is 1200. The molecule has 1 aromatic heterocycles. The minimum atomic E-state index is -0.300. The second-order valence-electron chi connectivity index (χ2n) is 8.49. The van der Waals surface area contributed by atoms with Crippen LogP contribution in [0.4, 0.5) is 20.3 Å². The van der Waals surface area contributed by atoms with Gasteiger partial charge in [0.25, 0.3) is 0 Å². The van der Waals surface area contributed by atoms with Crippen LogP contribution in [0.1, 0.15) is 22.9 Å². The Balaban J connectivity index is 1.88. The van der Waals surface area contributed by atoms with Crippen LogP contribution in [0.25, 0.3) is 5.70 Å². The van der Waals surface area contributed by atoms with E-state index in [0.717, 1.165) is 34.0 Å². The SMILES string of the molecule is C=C/C=C(\c1nc(N(C)I)ccc1NC)N(C)CCN(C)C(c1ccc(F)cc1)c1cccc(F)c1. The average Bonchev–Trinajstić information content (AvgIpc) is 2.86. The van der Waals surface area contributed by atoms with Gasteiger partial charge in [0, 0.05) is 34.2 Å². The standard InChI is InChI=1S/C28H32F2IN5/c1-6-8-25(27-24(32-2)15-16-26(33-27)36(5)31)34(3)17-18-35(4)28(20-11-13-22(29)14-12-20)21-9-7-10-23(30)19-21/h6-16,19,28,32H,1,17-18H2,2-5H3/b25-8+. The molecule has 36 heavy (non-hydrogen) atoms. The fraction of sp³-hybridized carbons (Fsp3) is 0.250. The predicted molar refractivity (Wildman–Crippen MR) is 154 cm³/mol. The van der Waals surface area contributed by atoms with E-state index >= 15 is 0 Å². The Kier molecular flexibility index (Phi) is 9.83. The third kappa shape index (κ3) is 6.82. The number of benzene rings is 2. The molecule has 0 bridgehead atoms. The van der Waals surface area contributed by atoms with Crippen molar-refractivity contribution in [3.8, 4) is 0 Å². The van der Waals surface area contributed by atoms with Crippen LogP contribution in [-0.2, 0) is 0 Å². The van der Waals surface area contributed by atoms with Crippen LogP contribution in [0.3, 0.4) is 0 Å². The Morgan fingerprint density at radius 3 is 2.33 bits per heavy atom. The number of pyridine rings is 1. The number of hydrogen-bond acceptors (Lipinski definition) is 5. The maximum atomic E-state index is 14.1. The lowest BCUT2D eigenvalue weighted by Crippen LogP contribution is -2.33. The van der Waals surface area contributed by atoms with Gasteiger partial charge >= 0.3 is 0 Å². The Labute approximate surface area is 226 Å². The number of rotatable bonds is 11. The Morgan fingerprint density at radius 2 is 1.72 bits per heavy atom. The van der Waals surface area contributed by atoms with Crippen molar-refractivity contribution in [3.63, 3.8) is 0 Å². The summed E-state index contributed by atoms with van der Waals surface area (Å²) in [4.78, 5) is 9.14. The van der Waals surface area contributed by atoms with Crippen LogP contribution in [0.2, 0.25) is 0 Å². The van der Waals surface area contributed by atoms with Crippen molar-refractivity contribution in [2.45, 2.75) is 6.04 Å². The zero-order chi connectivity index (χ0) is 26.2. The van der Waals surface area contributed by atoms with E-state index in [1.807, 2.05) is 55.6 Å². The van der Waals surface area contributed by atoms with E-state index in [4.69, 9.17) is 4.98 Å². The molecule has 0 radical (unpaired) electrons. The summed E-state index contributed by atoms with van der Waals surface area (Å²) in [7, 11) is 7.83. The van der Waals surface area contributed by atoms with Gasteiger partial charge in [0.15, 0.2) is 0 Å². The molecule has 0 aliphatic rings. The monoisotopic (exact) mass is 603 g/mol. The van der Waals surface area contributed by atoms with Crippen LogP contribution in [0.15, 0.2) is 79.4 Å². The highest BCUT2D eigenvalue weighted by Gasteiger charge is 2.22. The first-order chi connectivity index (χ1) is 17.2. The van der Waals surface area contributed by atoms with Crippen molar-refractivity contribution < 1.29 is 8.78 Å². The highest BCUT2D eigenvalue weighted by atomic mass is 127. The first kappa shape index (κ1) is 27.6. The van der Waals surface area contributed by atoms with Crippen molar-refractivity contribution in [2.75, 3.05) is 49.7 Å². The smallest absolute Gasteiger partial charge is 0.137 e. The van der Waals surface area contributed by atoms with Gasteiger partial charge in [0.2, 0.25) is 0 Å². The topological polar surface area (TPSA) is 34.6 Å². The normalized spacial score (nSPS) is 12.4. The first-order valence-electron chi connectivity index (χ1n) is 11.6. The molecule has 3 rings (SSSR count). The molecule has 3 aromatic rings. The van der Waals surface area contributed by atoms with Crippen molar-refractivity contribution >= 4 is 40.1 Å². The average molecular weight is 603 g/mol. The van der Waals surface area contributed by atoms with E-state index in [9.17, 15) is 8.78 Å². The number of halogens is 3. The lowest BCUT2D eigenvalue weighted by atomic mass is 9.97. The molecule has 0 saturated carbocycles. The van der Waals surface area contributed by atoms with Gasteiger partial charge in [0.05, 0.1) is 40.3 Å². The lowest BCUT2D eigenvalue weighted by Gasteiger charge is -2.32. The fourth-order valence-electron chi connectivity index (χ4n) is 4.10. The van der Waals surface area contributed by atoms with Gasteiger partial charge in [0.1, 0.15) is 23.1 Å². The number of likely N-dealkylation sites (N-methyl/N-ethyl adjacent to an activating group) is 2. The fourth-order valence-corrected chi connectivity index (χ4v) is 4.37.